The Hall–Kier alpha value is -2.37. The Balaban J connectivity index is 2.20. The highest BCUT2D eigenvalue weighted by Crippen LogP contribution is 2.19. The molecule has 0 bridgehead atoms. The number of aromatic nitrogens is 3. The number of hydrogen-bond acceptors (Lipinski definition) is 3. The average Bonchev–Trinajstić information content (AvgIpc) is 2.76. The second-order valence-electron chi connectivity index (χ2n) is 3.75. The van der Waals surface area contributed by atoms with Crippen LogP contribution in [0, 0.1) is 0 Å². The maximum atomic E-state index is 11.4. The Labute approximate surface area is 105 Å². The van der Waals surface area contributed by atoms with E-state index in [1.54, 1.807) is 17.1 Å². The standard InChI is InChI=1S/C12H15N5O/c1-3-13-12(18)16-11-8-9(4-6-14-11)10-5-7-15-17(10)2/h4-8H,3H2,1-2H3,(H2,13,14,16,18). The zero-order valence-electron chi connectivity index (χ0n) is 10.3. The van der Waals surface area contributed by atoms with Gasteiger partial charge in [-0.2, -0.15) is 5.10 Å². The van der Waals surface area contributed by atoms with Gasteiger partial charge in [0, 0.05) is 31.5 Å². The molecule has 0 saturated heterocycles. The summed E-state index contributed by atoms with van der Waals surface area (Å²) >= 11 is 0. The van der Waals surface area contributed by atoms with Crippen LogP contribution in [-0.2, 0) is 7.05 Å². The van der Waals surface area contributed by atoms with Gasteiger partial charge in [-0.05, 0) is 25.1 Å². The molecule has 0 fully saturated rings. The first kappa shape index (κ1) is 12.1. The summed E-state index contributed by atoms with van der Waals surface area (Å²) in [6, 6.07) is 5.34. The zero-order valence-corrected chi connectivity index (χ0v) is 10.3. The van der Waals surface area contributed by atoms with Crippen molar-refractivity contribution in [1.82, 2.24) is 20.1 Å². The number of anilines is 1. The molecular weight excluding hydrogens is 230 g/mol. The van der Waals surface area contributed by atoms with Crippen LogP contribution in [0.25, 0.3) is 11.3 Å². The summed E-state index contributed by atoms with van der Waals surface area (Å²) in [5, 5.41) is 9.44. The van der Waals surface area contributed by atoms with Gasteiger partial charge < -0.3 is 5.32 Å². The molecule has 6 heteroatoms. The molecule has 0 spiro atoms. The minimum atomic E-state index is -0.257. The molecule has 0 atom stereocenters. The molecule has 0 saturated carbocycles. The highest BCUT2D eigenvalue weighted by molar-refractivity contribution is 5.88. The van der Waals surface area contributed by atoms with Crippen molar-refractivity contribution in [3.8, 4) is 11.3 Å². The lowest BCUT2D eigenvalue weighted by Gasteiger charge is -2.07. The summed E-state index contributed by atoms with van der Waals surface area (Å²) in [4.78, 5) is 15.5. The molecule has 18 heavy (non-hydrogen) atoms. The molecule has 0 unspecified atom stereocenters. The van der Waals surface area contributed by atoms with E-state index in [0.29, 0.717) is 12.4 Å². The van der Waals surface area contributed by atoms with Crippen LogP contribution in [0.2, 0.25) is 0 Å². The van der Waals surface area contributed by atoms with Gasteiger partial charge in [-0.3, -0.25) is 10.00 Å². The van der Waals surface area contributed by atoms with Crippen molar-refractivity contribution in [3.63, 3.8) is 0 Å². The summed E-state index contributed by atoms with van der Waals surface area (Å²) in [6.07, 6.45) is 3.39. The van der Waals surface area contributed by atoms with Gasteiger partial charge in [0.25, 0.3) is 0 Å². The third-order valence-corrected chi connectivity index (χ3v) is 2.46. The predicted octanol–water partition coefficient (Wildman–Crippen LogP) is 1.62. The molecule has 6 nitrogen and oxygen atoms in total. The molecule has 0 radical (unpaired) electrons. The third kappa shape index (κ3) is 2.65. The van der Waals surface area contributed by atoms with E-state index in [2.05, 4.69) is 20.7 Å². The molecule has 2 aromatic heterocycles. The number of hydrogen-bond donors (Lipinski definition) is 2. The highest BCUT2D eigenvalue weighted by atomic mass is 16.2. The van der Waals surface area contributed by atoms with E-state index in [1.807, 2.05) is 32.2 Å². The number of urea groups is 1. The van der Waals surface area contributed by atoms with Crippen LogP contribution >= 0.6 is 0 Å². The Morgan fingerprint density at radius 3 is 2.89 bits per heavy atom. The maximum Gasteiger partial charge on any atom is 0.320 e. The number of carbonyl (C=O) groups is 1. The van der Waals surface area contributed by atoms with Gasteiger partial charge in [-0.25, -0.2) is 9.78 Å². The Kier molecular flexibility index (Phi) is 3.57. The number of nitrogens with zero attached hydrogens (tertiary/aromatic N) is 3. The second-order valence-corrected chi connectivity index (χ2v) is 3.75. The van der Waals surface area contributed by atoms with Crippen molar-refractivity contribution in [3.05, 3.63) is 30.6 Å². The molecule has 0 aliphatic heterocycles. The number of nitrogens with one attached hydrogen (secondary N) is 2. The van der Waals surface area contributed by atoms with Gasteiger partial charge in [-0.1, -0.05) is 0 Å². The average molecular weight is 245 g/mol. The van der Waals surface area contributed by atoms with E-state index in [9.17, 15) is 4.79 Å². The summed E-state index contributed by atoms with van der Waals surface area (Å²) in [7, 11) is 1.87. The van der Waals surface area contributed by atoms with E-state index in [1.165, 1.54) is 0 Å². The monoisotopic (exact) mass is 245 g/mol. The van der Waals surface area contributed by atoms with Crippen molar-refractivity contribution in [2.45, 2.75) is 6.92 Å². The Bertz CT molecular complexity index is 549. The minimum Gasteiger partial charge on any atom is -0.338 e. The maximum absolute atomic E-state index is 11.4. The van der Waals surface area contributed by atoms with Gasteiger partial charge in [-0.15, -0.1) is 0 Å². The van der Waals surface area contributed by atoms with Crippen LogP contribution < -0.4 is 10.6 Å². The van der Waals surface area contributed by atoms with Crippen molar-refractivity contribution in [2.75, 3.05) is 11.9 Å². The molecule has 2 rings (SSSR count). The Morgan fingerprint density at radius 1 is 1.39 bits per heavy atom. The first-order valence-electron chi connectivity index (χ1n) is 5.70. The largest absolute Gasteiger partial charge is 0.338 e. The number of aryl methyl sites for hydroxylation is 1. The molecule has 0 aromatic carbocycles. The highest BCUT2D eigenvalue weighted by Gasteiger charge is 2.05. The van der Waals surface area contributed by atoms with E-state index in [4.69, 9.17) is 0 Å². The van der Waals surface area contributed by atoms with E-state index in [-0.39, 0.29) is 6.03 Å². The van der Waals surface area contributed by atoms with Crippen LogP contribution in [0.1, 0.15) is 6.92 Å². The lowest BCUT2D eigenvalue weighted by Crippen LogP contribution is -2.28. The number of pyridine rings is 1. The fourth-order valence-corrected chi connectivity index (χ4v) is 1.64. The van der Waals surface area contributed by atoms with E-state index in [0.717, 1.165) is 11.3 Å². The van der Waals surface area contributed by atoms with Crippen LogP contribution in [-0.4, -0.2) is 27.3 Å². The van der Waals surface area contributed by atoms with Crippen molar-refractivity contribution < 1.29 is 4.79 Å². The molecule has 94 valence electrons. The van der Waals surface area contributed by atoms with Gasteiger partial charge in [0.15, 0.2) is 0 Å². The number of amides is 2. The van der Waals surface area contributed by atoms with Crippen molar-refractivity contribution in [1.29, 1.82) is 0 Å². The molecule has 0 aliphatic rings. The molecule has 0 aliphatic carbocycles. The Morgan fingerprint density at radius 2 is 2.22 bits per heavy atom. The van der Waals surface area contributed by atoms with Crippen LogP contribution in [0.5, 0.6) is 0 Å². The molecule has 2 heterocycles. The summed E-state index contributed by atoms with van der Waals surface area (Å²) in [5.41, 5.74) is 1.92. The van der Waals surface area contributed by atoms with Crippen LogP contribution in [0.4, 0.5) is 10.6 Å². The van der Waals surface area contributed by atoms with Crippen molar-refractivity contribution >= 4 is 11.8 Å². The fraction of sp³-hybridized carbons (Fsp3) is 0.250. The van der Waals surface area contributed by atoms with Crippen LogP contribution in [0.15, 0.2) is 30.6 Å². The summed E-state index contributed by atoms with van der Waals surface area (Å²) in [6.45, 7) is 2.44. The minimum absolute atomic E-state index is 0.257. The first-order chi connectivity index (χ1) is 8.70. The molecular formula is C12H15N5O. The smallest absolute Gasteiger partial charge is 0.320 e. The van der Waals surface area contributed by atoms with Gasteiger partial charge in [0.05, 0.1) is 5.69 Å². The molecule has 2 amide bonds. The third-order valence-electron chi connectivity index (χ3n) is 2.46. The first-order valence-corrected chi connectivity index (χ1v) is 5.70. The van der Waals surface area contributed by atoms with Gasteiger partial charge >= 0.3 is 6.03 Å². The number of carbonyl (C=O) groups excluding carboxylic acids is 1. The van der Waals surface area contributed by atoms with E-state index >= 15 is 0 Å². The lowest BCUT2D eigenvalue weighted by atomic mass is 10.2. The lowest BCUT2D eigenvalue weighted by molar-refractivity contribution is 0.252. The summed E-state index contributed by atoms with van der Waals surface area (Å²) < 4.78 is 1.77. The zero-order chi connectivity index (χ0) is 13.0. The molecule has 2 aromatic rings. The predicted molar refractivity (Wildman–Crippen MR) is 69.1 cm³/mol. The number of rotatable bonds is 3. The summed E-state index contributed by atoms with van der Waals surface area (Å²) in [5.74, 6) is 0.514. The quantitative estimate of drug-likeness (QED) is 0.863. The normalized spacial score (nSPS) is 10.1. The fourth-order valence-electron chi connectivity index (χ4n) is 1.64. The van der Waals surface area contributed by atoms with E-state index < -0.39 is 0 Å². The SMILES string of the molecule is CCNC(=O)Nc1cc(-c2ccnn2C)ccn1. The molecule has 2 N–H and O–H groups in total. The van der Waals surface area contributed by atoms with Crippen molar-refractivity contribution in [2.24, 2.45) is 7.05 Å². The second kappa shape index (κ2) is 5.31. The van der Waals surface area contributed by atoms with Gasteiger partial charge in [0.2, 0.25) is 0 Å². The van der Waals surface area contributed by atoms with Gasteiger partial charge in [0.1, 0.15) is 5.82 Å². The topological polar surface area (TPSA) is 71.8 Å². The van der Waals surface area contributed by atoms with Crippen LogP contribution in [0.3, 0.4) is 0 Å².